The lowest BCUT2D eigenvalue weighted by Crippen LogP contribution is -2.37. The van der Waals surface area contributed by atoms with Gasteiger partial charge in [0.25, 0.3) is 0 Å². The van der Waals surface area contributed by atoms with E-state index < -0.39 is 0 Å². The van der Waals surface area contributed by atoms with Gasteiger partial charge < -0.3 is 4.57 Å². The summed E-state index contributed by atoms with van der Waals surface area (Å²) in [6.07, 6.45) is 3.22. The van der Waals surface area contributed by atoms with Crippen molar-refractivity contribution in [2.45, 2.75) is 45.2 Å². The molecule has 1 atom stereocenters. The summed E-state index contributed by atoms with van der Waals surface area (Å²) in [5.41, 5.74) is 2.38. The standard InChI is InChI=1S/C18H25N7/c1-4-17-19-15-7-5-6-8-16(15)25(17)14-9-11-24(12-10-14)13(2)18-20-21-22-23(18)3/h5-8,13-14H,4,9-12H2,1-3H3. The number of aryl methyl sites for hydroxylation is 2. The molecule has 3 heterocycles. The Balaban J connectivity index is 1.54. The van der Waals surface area contributed by atoms with Crippen LogP contribution in [0.25, 0.3) is 11.0 Å². The van der Waals surface area contributed by atoms with Gasteiger partial charge in [-0.1, -0.05) is 19.1 Å². The smallest absolute Gasteiger partial charge is 0.167 e. The molecule has 7 heteroatoms. The van der Waals surface area contributed by atoms with Gasteiger partial charge in [-0.25, -0.2) is 9.67 Å². The van der Waals surface area contributed by atoms with Gasteiger partial charge in [0.2, 0.25) is 0 Å². The third-order valence-electron chi connectivity index (χ3n) is 5.42. The van der Waals surface area contributed by atoms with Gasteiger partial charge in [0.05, 0.1) is 17.1 Å². The maximum Gasteiger partial charge on any atom is 0.167 e. The van der Waals surface area contributed by atoms with E-state index in [2.05, 4.69) is 63.1 Å². The molecule has 1 saturated heterocycles. The van der Waals surface area contributed by atoms with Crippen molar-refractivity contribution in [3.63, 3.8) is 0 Å². The zero-order chi connectivity index (χ0) is 17.4. The number of tetrazole rings is 1. The minimum absolute atomic E-state index is 0.242. The molecule has 0 saturated carbocycles. The third kappa shape index (κ3) is 2.82. The number of benzene rings is 1. The molecule has 3 aromatic rings. The fourth-order valence-electron chi connectivity index (χ4n) is 4.04. The van der Waals surface area contributed by atoms with Crippen LogP contribution in [-0.4, -0.2) is 47.7 Å². The normalized spacial score (nSPS) is 18.0. The van der Waals surface area contributed by atoms with Gasteiger partial charge in [0.1, 0.15) is 5.82 Å². The molecule has 25 heavy (non-hydrogen) atoms. The highest BCUT2D eigenvalue weighted by molar-refractivity contribution is 5.76. The van der Waals surface area contributed by atoms with E-state index in [1.807, 2.05) is 7.05 Å². The molecule has 1 aromatic carbocycles. The first-order valence-electron chi connectivity index (χ1n) is 9.11. The lowest BCUT2D eigenvalue weighted by atomic mass is 10.0. The predicted octanol–water partition coefficient (Wildman–Crippen LogP) is 2.52. The van der Waals surface area contributed by atoms with Crippen LogP contribution >= 0.6 is 0 Å². The lowest BCUT2D eigenvalue weighted by molar-refractivity contribution is 0.137. The highest BCUT2D eigenvalue weighted by Crippen LogP contribution is 2.31. The maximum atomic E-state index is 4.83. The molecule has 1 aliphatic heterocycles. The summed E-state index contributed by atoms with van der Waals surface area (Å²) in [4.78, 5) is 7.31. The Morgan fingerprint density at radius 1 is 1.20 bits per heavy atom. The zero-order valence-corrected chi connectivity index (χ0v) is 15.1. The summed E-state index contributed by atoms with van der Waals surface area (Å²) >= 11 is 0. The molecule has 1 aliphatic rings. The molecule has 0 aliphatic carbocycles. The van der Waals surface area contributed by atoms with Gasteiger partial charge in [0, 0.05) is 32.6 Å². The maximum absolute atomic E-state index is 4.83. The van der Waals surface area contributed by atoms with E-state index in [1.54, 1.807) is 4.68 Å². The lowest BCUT2D eigenvalue weighted by Gasteiger charge is -2.36. The van der Waals surface area contributed by atoms with E-state index in [-0.39, 0.29) is 6.04 Å². The average Bonchev–Trinajstić information content (AvgIpc) is 3.24. The second kappa shape index (κ2) is 6.55. The van der Waals surface area contributed by atoms with Crippen LogP contribution in [-0.2, 0) is 13.5 Å². The van der Waals surface area contributed by atoms with Crippen LogP contribution in [0.5, 0.6) is 0 Å². The molecule has 7 nitrogen and oxygen atoms in total. The second-order valence-corrected chi connectivity index (χ2v) is 6.84. The second-order valence-electron chi connectivity index (χ2n) is 6.84. The summed E-state index contributed by atoms with van der Waals surface area (Å²) in [6.45, 7) is 6.48. The van der Waals surface area contributed by atoms with Crippen LogP contribution in [0.2, 0.25) is 0 Å². The molecule has 4 rings (SSSR count). The highest BCUT2D eigenvalue weighted by Gasteiger charge is 2.28. The van der Waals surface area contributed by atoms with Crippen molar-refractivity contribution < 1.29 is 0 Å². The van der Waals surface area contributed by atoms with Crippen LogP contribution in [0.1, 0.15) is 50.4 Å². The zero-order valence-electron chi connectivity index (χ0n) is 15.1. The van der Waals surface area contributed by atoms with Crippen LogP contribution in [0.3, 0.4) is 0 Å². The predicted molar refractivity (Wildman–Crippen MR) is 96.2 cm³/mol. The molecular weight excluding hydrogens is 314 g/mol. The quantitative estimate of drug-likeness (QED) is 0.731. The van der Waals surface area contributed by atoms with Gasteiger partial charge in [-0.15, -0.1) is 5.10 Å². The van der Waals surface area contributed by atoms with Gasteiger partial charge in [-0.2, -0.15) is 0 Å². The molecule has 2 aromatic heterocycles. The van der Waals surface area contributed by atoms with Crippen molar-refractivity contribution in [2.24, 2.45) is 7.05 Å². The Morgan fingerprint density at radius 2 is 1.96 bits per heavy atom. The molecule has 0 spiro atoms. The monoisotopic (exact) mass is 339 g/mol. The molecule has 0 N–H and O–H groups in total. The van der Waals surface area contributed by atoms with E-state index >= 15 is 0 Å². The van der Waals surface area contributed by atoms with E-state index in [1.165, 1.54) is 11.3 Å². The molecule has 1 unspecified atom stereocenters. The van der Waals surface area contributed by atoms with Crippen molar-refractivity contribution in [1.29, 1.82) is 0 Å². The van der Waals surface area contributed by atoms with Crippen molar-refractivity contribution in [3.05, 3.63) is 35.9 Å². The number of hydrogen-bond donors (Lipinski definition) is 0. The fourth-order valence-corrected chi connectivity index (χ4v) is 4.04. The number of nitrogens with zero attached hydrogens (tertiary/aromatic N) is 7. The molecule has 0 amide bonds. The van der Waals surface area contributed by atoms with Crippen molar-refractivity contribution in [3.8, 4) is 0 Å². The van der Waals surface area contributed by atoms with Crippen LogP contribution in [0.15, 0.2) is 24.3 Å². The van der Waals surface area contributed by atoms with Crippen molar-refractivity contribution in [1.82, 2.24) is 34.7 Å². The number of likely N-dealkylation sites (tertiary alicyclic amines) is 1. The first kappa shape index (κ1) is 16.2. The Kier molecular flexibility index (Phi) is 4.25. The third-order valence-corrected chi connectivity index (χ3v) is 5.42. The van der Waals surface area contributed by atoms with Gasteiger partial charge in [0.15, 0.2) is 5.82 Å². The summed E-state index contributed by atoms with van der Waals surface area (Å²) in [7, 11) is 1.91. The molecule has 1 fully saturated rings. The summed E-state index contributed by atoms with van der Waals surface area (Å²) in [6, 6.07) is 9.25. The Morgan fingerprint density at radius 3 is 2.64 bits per heavy atom. The number of hydrogen-bond acceptors (Lipinski definition) is 5. The van der Waals surface area contributed by atoms with Crippen molar-refractivity contribution >= 4 is 11.0 Å². The largest absolute Gasteiger partial charge is 0.325 e. The number of rotatable bonds is 4. The van der Waals surface area contributed by atoms with Gasteiger partial charge in [-0.05, 0) is 42.3 Å². The van der Waals surface area contributed by atoms with Crippen LogP contribution in [0, 0.1) is 0 Å². The number of piperidine rings is 1. The number of aromatic nitrogens is 6. The SMILES string of the molecule is CCc1nc2ccccc2n1C1CCN(C(C)c2nnnn2C)CC1. The van der Waals surface area contributed by atoms with E-state index in [9.17, 15) is 0 Å². The Labute approximate surface area is 147 Å². The molecule has 0 bridgehead atoms. The van der Waals surface area contributed by atoms with E-state index in [0.29, 0.717) is 6.04 Å². The Bertz CT molecular complexity index is 857. The number of imidazole rings is 1. The summed E-state index contributed by atoms with van der Waals surface area (Å²) in [5, 5.41) is 11.9. The van der Waals surface area contributed by atoms with E-state index in [0.717, 1.165) is 43.7 Å². The van der Waals surface area contributed by atoms with Crippen LogP contribution < -0.4 is 0 Å². The highest BCUT2D eigenvalue weighted by atomic mass is 15.5. The summed E-state index contributed by atoms with van der Waals surface area (Å²) < 4.78 is 4.25. The number of para-hydroxylation sites is 2. The topological polar surface area (TPSA) is 64.7 Å². The first-order chi connectivity index (χ1) is 12.2. The fraction of sp³-hybridized carbons (Fsp3) is 0.556. The molecule has 132 valence electrons. The van der Waals surface area contributed by atoms with E-state index in [4.69, 9.17) is 4.98 Å². The first-order valence-corrected chi connectivity index (χ1v) is 9.11. The minimum atomic E-state index is 0.242. The minimum Gasteiger partial charge on any atom is -0.325 e. The molecule has 0 radical (unpaired) electrons. The number of fused-ring (bicyclic) bond motifs is 1. The Hall–Kier alpha value is -2.28. The summed E-state index contributed by atoms with van der Waals surface area (Å²) in [5.74, 6) is 2.13. The van der Waals surface area contributed by atoms with Crippen LogP contribution in [0.4, 0.5) is 0 Å². The van der Waals surface area contributed by atoms with Gasteiger partial charge >= 0.3 is 0 Å². The average molecular weight is 339 g/mol. The van der Waals surface area contributed by atoms with Gasteiger partial charge in [-0.3, -0.25) is 4.90 Å². The molecular formula is C18H25N7. The van der Waals surface area contributed by atoms with Crippen molar-refractivity contribution in [2.75, 3.05) is 13.1 Å².